The lowest BCUT2D eigenvalue weighted by atomic mass is 9.84. The Morgan fingerprint density at radius 3 is 2.50 bits per heavy atom. The number of hydrogen-bond acceptors (Lipinski definition) is 4. The quantitative estimate of drug-likeness (QED) is 0.425. The van der Waals surface area contributed by atoms with Gasteiger partial charge in [-0.15, -0.1) is 0 Å². The van der Waals surface area contributed by atoms with E-state index in [-0.39, 0.29) is 11.2 Å². The fourth-order valence-electron chi connectivity index (χ4n) is 2.18. The molecule has 0 aliphatic rings. The lowest BCUT2D eigenvalue weighted by Crippen LogP contribution is -2.17. The van der Waals surface area contributed by atoms with Crippen LogP contribution in [-0.4, -0.2) is 38.0 Å². The van der Waals surface area contributed by atoms with E-state index in [9.17, 15) is 4.79 Å². The second-order valence-electron chi connectivity index (χ2n) is 6.04. The Bertz CT molecular complexity index is 509. The predicted molar refractivity (Wildman–Crippen MR) is 94.8 cm³/mol. The van der Waals surface area contributed by atoms with Crippen molar-refractivity contribution in [3.05, 3.63) is 23.3 Å². The van der Waals surface area contributed by atoms with Gasteiger partial charge in [-0.05, 0) is 24.5 Å². The molecule has 0 aliphatic carbocycles. The molecule has 0 unspecified atom stereocenters. The van der Waals surface area contributed by atoms with Crippen LogP contribution in [-0.2, 0) is 10.2 Å². The van der Waals surface area contributed by atoms with Gasteiger partial charge in [-0.3, -0.25) is 4.79 Å². The van der Waals surface area contributed by atoms with Gasteiger partial charge in [0.25, 0.3) is 0 Å². The molecule has 0 atom stereocenters. The molecular weight excluding hydrogens is 346 g/mol. The molecule has 0 fully saturated rings. The number of anilines is 1. The number of hydrogen-bond donors (Lipinski definition) is 1. The van der Waals surface area contributed by atoms with Crippen LogP contribution in [0.5, 0.6) is 5.75 Å². The molecule has 0 radical (unpaired) electrons. The van der Waals surface area contributed by atoms with Crippen molar-refractivity contribution in [2.75, 3.05) is 37.5 Å². The smallest absolute Gasteiger partial charge is 0.173 e. The van der Waals surface area contributed by atoms with Crippen molar-refractivity contribution in [1.82, 2.24) is 0 Å². The maximum Gasteiger partial charge on any atom is 0.173 e. The molecule has 0 amide bonds. The molecule has 0 heterocycles. The number of carbonyl (C=O) groups excluding carboxylic acids is 1. The van der Waals surface area contributed by atoms with Crippen LogP contribution < -0.4 is 10.1 Å². The molecular formula is C17H26BrNO3. The van der Waals surface area contributed by atoms with Gasteiger partial charge in [0, 0.05) is 24.3 Å². The Morgan fingerprint density at radius 1 is 1.32 bits per heavy atom. The number of Topliss-reactive ketones (excluding diaryl/α,β-unsaturated/α-hetero) is 1. The first-order valence-corrected chi connectivity index (χ1v) is 8.60. The highest BCUT2D eigenvalue weighted by Gasteiger charge is 2.23. The van der Waals surface area contributed by atoms with Crippen molar-refractivity contribution >= 4 is 27.4 Å². The Hall–Kier alpha value is -1.07. The van der Waals surface area contributed by atoms with Crippen LogP contribution in [0.3, 0.4) is 0 Å². The van der Waals surface area contributed by atoms with E-state index in [1.165, 1.54) is 0 Å². The maximum absolute atomic E-state index is 12.1. The summed E-state index contributed by atoms with van der Waals surface area (Å²) in [6.07, 6.45) is 0. The van der Waals surface area contributed by atoms with E-state index < -0.39 is 0 Å². The number of ether oxygens (including phenoxy) is 2. The van der Waals surface area contributed by atoms with E-state index in [2.05, 4.69) is 42.0 Å². The molecule has 1 aromatic carbocycles. The van der Waals surface area contributed by atoms with Gasteiger partial charge in [-0.25, -0.2) is 0 Å². The molecule has 5 heteroatoms. The first-order valence-electron chi connectivity index (χ1n) is 7.48. The van der Waals surface area contributed by atoms with Crippen LogP contribution in [0.25, 0.3) is 0 Å². The van der Waals surface area contributed by atoms with Crippen molar-refractivity contribution in [3.8, 4) is 5.75 Å². The number of benzene rings is 1. The van der Waals surface area contributed by atoms with Gasteiger partial charge in [0.1, 0.15) is 5.75 Å². The van der Waals surface area contributed by atoms with Crippen molar-refractivity contribution in [3.63, 3.8) is 0 Å². The standard InChI is InChI=1S/C17H26BrNO3/c1-6-22-8-7-19-14-10-12(15(20)11-18)9-13(16(14)21-5)17(2,3)4/h9-10,19H,6-8,11H2,1-5H3. The average Bonchev–Trinajstić information content (AvgIpc) is 2.48. The minimum atomic E-state index is -0.121. The monoisotopic (exact) mass is 371 g/mol. The number of rotatable bonds is 8. The predicted octanol–water partition coefficient (Wildman–Crippen LogP) is 4.02. The summed E-state index contributed by atoms with van der Waals surface area (Å²) in [7, 11) is 1.66. The third-order valence-corrected chi connectivity index (χ3v) is 3.82. The minimum absolute atomic E-state index is 0.0565. The van der Waals surface area contributed by atoms with E-state index in [4.69, 9.17) is 9.47 Å². The van der Waals surface area contributed by atoms with E-state index in [1.807, 2.05) is 19.1 Å². The Morgan fingerprint density at radius 2 is 2.00 bits per heavy atom. The normalized spacial score (nSPS) is 11.4. The number of alkyl halides is 1. The lowest BCUT2D eigenvalue weighted by molar-refractivity contribution is 0.102. The third kappa shape index (κ3) is 4.99. The highest BCUT2D eigenvalue weighted by molar-refractivity contribution is 9.09. The van der Waals surface area contributed by atoms with Gasteiger partial charge in [-0.2, -0.15) is 0 Å². The second-order valence-corrected chi connectivity index (χ2v) is 6.60. The van der Waals surface area contributed by atoms with Crippen LogP contribution in [0.4, 0.5) is 5.69 Å². The van der Waals surface area contributed by atoms with Gasteiger partial charge in [0.15, 0.2) is 5.78 Å². The first kappa shape index (κ1) is 19.0. The second kappa shape index (κ2) is 8.53. The van der Waals surface area contributed by atoms with Crippen molar-refractivity contribution in [1.29, 1.82) is 0 Å². The molecule has 1 N–H and O–H groups in total. The maximum atomic E-state index is 12.1. The van der Waals surface area contributed by atoms with Gasteiger partial charge in [0.2, 0.25) is 0 Å². The Kier molecular flexibility index (Phi) is 7.36. The summed E-state index contributed by atoms with van der Waals surface area (Å²) in [5.41, 5.74) is 2.41. The van der Waals surface area contributed by atoms with Crippen LogP contribution in [0.2, 0.25) is 0 Å². The summed E-state index contributed by atoms with van der Waals surface area (Å²) in [5, 5.41) is 3.62. The lowest BCUT2D eigenvalue weighted by Gasteiger charge is -2.25. The topological polar surface area (TPSA) is 47.6 Å². The fourth-order valence-corrected chi connectivity index (χ4v) is 2.50. The zero-order valence-electron chi connectivity index (χ0n) is 14.1. The molecule has 22 heavy (non-hydrogen) atoms. The summed E-state index contributed by atoms with van der Waals surface area (Å²) >= 11 is 3.24. The van der Waals surface area contributed by atoms with Crippen molar-refractivity contribution in [2.45, 2.75) is 33.1 Å². The minimum Gasteiger partial charge on any atom is -0.494 e. The summed E-state index contributed by atoms with van der Waals surface area (Å²) < 4.78 is 10.9. The third-order valence-electron chi connectivity index (χ3n) is 3.31. The van der Waals surface area contributed by atoms with Gasteiger partial charge in [0.05, 0.1) is 24.7 Å². The van der Waals surface area contributed by atoms with Crippen LogP contribution in [0.1, 0.15) is 43.6 Å². The molecule has 1 rings (SSSR count). The molecule has 0 spiro atoms. The summed E-state index contributed by atoms with van der Waals surface area (Å²) in [6, 6.07) is 3.78. The molecule has 0 aromatic heterocycles. The molecule has 0 saturated heterocycles. The first-order chi connectivity index (χ1) is 10.3. The van der Waals surface area contributed by atoms with Crippen LogP contribution in [0, 0.1) is 0 Å². The van der Waals surface area contributed by atoms with Crippen molar-refractivity contribution < 1.29 is 14.3 Å². The van der Waals surface area contributed by atoms with Crippen LogP contribution >= 0.6 is 15.9 Å². The zero-order chi connectivity index (χ0) is 16.8. The van der Waals surface area contributed by atoms with Gasteiger partial charge >= 0.3 is 0 Å². The molecule has 0 bridgehead atoms. The Labute approximate surface area is 141 Å². The van der Waals surface area contributed by atoms with Crippen LogP contribution in [0.15, 0.2) is 12.1 Å². The summed E-state index contributed by atoms with van der Waals surface area (Å²) in [5.74, 6) is 0.844. The highest BCUT2D eigenvalue weighted by Crippen LogP contribution is 2.38. The Balaban J connectivity index is 3.23. The molecule has 1 aromatic rings. The summed E-state index contributed by atoms with van der Waals surface area (Å²) in [6.45, 7) is 10.3. The molecule has 4 nitrogen and oxygen atoms in total. The largest absolute Gasteiger partial charge is 0.494 e. The number of ketones is 1. The van der Waals surface area contributed by atoms with E-state index in [0.717, 1.165) is 17.0 Å². The van der Waals surface area contributed by atoms with Gasteiger partial charge < -0.3 is 14.8 Å². The van der Waals surface area contributed by atoms with E-state index in [0.29, 0.717) is 30.7 Å². The number of nitrogens with one attached hydrogen (secondary N) is 1. The zero-order valence-corrected chi connectivity index (χ0v) is 15.7. The molecule has 124 valence electrons. The van der Waals surface area contributed by atoms with E-state index in [1.54, 1.807) is 7.11 Å². The average molecular weight is 372 g/mol. The number of halogens is 1. The molecule has 0 aliphatic heterocycles. The van der Waals surface area contributed by atoms with Crippen molar-refractivity contribution in [2.24, 2.45) is 0 Å². The summed E-state index contributed by atoms with van der Waals surface area (Å²) in [4.78, 5) is 12.1. The fraction of sp³-hybridized carbons (Fsp3) is 0.588. The highest BCUT2D eigenvalue weighted by atomic mass is 79.9. The van der Waals surface area contributed by atoms with E-state index >= 15 is 0 Å². The molecule has 0 saturated carbocycles. The number of methoxy groups -OCH3 is 1. The van der Waals surface area contributed by atoms with Gasteiger partial charge in [-0.1, -0.05) is 36.7 Å². The number of carbonyl (C=O) groups is 1. The SMILES string of the molecule is CCOCCNc1cc(C(=O)CBr)cc(C(C)(C)C)c1OC.